The third-order valence-corrected chi connectivity index (χ3v) is 6.42. The summed E-state index contributed by atoms with van der Waals surface area (Å²) in [5, 5.41) is 0.233. The van der Waals surface area contributed by atoms with E-state index in [-0.39, 0.29) is 33.9 Å². The number of primary amides is 1. The molecule has 0 unspecified atom stereocenters. The van der Waals surface area contributed by atoms with Gasteiger partial charge in [-0.25, -0.2) is 8.42 Å². The number of hydrogen-bond acceptors (Lipinski definition) is 4. The predicted octanol–water partition coefficient (Wildman–Crippen LogP) is 2.28. The highest BCUT2D eigenvalue weighted by Crippen LogP contribution is 2.35. The summed E-state index contributed by atoms with van der Waals surface area (Å²) in [6.45, 7) is 2.62. The van der Waals surface area contributed by atoms with Gasteiger partial charge in [0.15, 0.2) is 0 Å². The van der Waals surface area contributed by atoms with Gasteiger partial charge < -0.3 is 10.5 Å². The lowest BCUT2D eigenvalue weighted by Gasteiger charge is -2.30. The number of nitrogens with two attached hydrogens (primary N) is 1. The van der Waals surface area contributed by atoms with Crippen LogP contribution < -0.4 is 10.5 Å². The highest BCUT2D eigenvalue weighted by Gasteiger charge is 2.33. The summed E-state index contributed by atoms with van der Waals surface area (Å²) in [7, 11) is -3.79. The van der Waals surface area contributed by atoms with Crippen LogP contribution in [0.1, 0.15) is 19.8 Å². The van der Waals surface area contributed by atoms with Crippen LogP contribution in [0.15, 0.2) is 17.0 Å². The number of nitrogens with zero attached hydrogens (tertiary/aromatic N) is 1. The molecule has 1 saturated heterocycles. The lowest BCUT2D eigenvalue weighted by Crippen LogP contribution is -2.41. The number of carbonyl (C=O) groups is 1. The first-order chi connectivity index (χ1) is 10.8. The van der Waals surface area contributed by atoms with E-state index < -0.39 is 15.9 Å². The lowest BCUT2D eigenvalue weighted by atomic mass is 9.98. The molecule has 2 N–H and O–H groups in total. The summed E-state index contributed by atoms with van der Waals surface area (Å²) in [5.41, 5.74) is 5.26. The van der Waals surface area contributed by atoms with Crippen molar-refractivity contribution in [3.05, 3.63) is 22.2 Å². The molecule has 1 aliphatic heterocycles. The summed E-state index contributed by atoms with van der Waals surface area (Å²) in [6.07, 6.45) is 0.799. The van der Waals surface area contributed by atoms with Gasteiger partial charge in [0, 0.05) is 25.1 Å². The largest absolute Gasteiger partial charge is 0.492 e. The van der Waals surface area contributed by atoms with Gasteiger partial charge in [0.25, 0.3) is 0 Å². The second-order valence-electron chi connectivity index (χ2n) is 5.23. The Balaban J connectivity index is 2.27. The standard InChI is InChI=1S/C14H18Cl2N2O4S/c1-2-22-12-7-11(16)13(8-10(12)15)23(20,21)18-5-3-9(4-6-18)14(17)19/h7-9H,2-6H2,1H3,(H2,17,19). The average Bonchev–Trinajstić information content (AvgIpc) is 2.50. The molecule has 1 fully saturated rings. The zero-order chi connectivity index (χ0) is 17.2. The monoisotopic (exact) mass is 380 g/mol. The van der Waals surface area contributed by atoms with Crippen LogP contribution in [0.2, 0.25) is 10.0 Å². The van der Waals surface area contributed by atoms with E-state index in [0.29, 0.717) is 25.2 Å². The van der Waals surface area contributed by atoms with Crippen molar-refractivity contribution in [3.63, 3.8) is 0 Å². The van der Waals surface area contributed by atoms with Crippen molar-refractivity contribution >= 4 is 39.1 Å². The molecule has 6 nitrogen and oxygen atoms in total. The maximum atomic E-state index is 12.7. The molecule has 0 spiro atoms. The molecule has 2 rings (SSSR count). The molecule has 0 atom stereocenters. The molecule has 1 heterocycles. The van der Waals surface area contributed by atoms with E-state index in [0.717, 1.165) is 0 Å². The molecule has 1 aliphatic rings. The van der Waals surface area contributed by atoms with Gasteiger partial charge in [0.1, 0.15) is 10.6 Å². The van der Waals surface area contributed by atoms with E-state index >= 15 is 0 Å². The molecule has 0 radical (unpaired) electrons. The first-order valence-corrected chi connectivity index (χ1v) is 9.38. The van der Waals surface area contributed by atoms with Crippen LogP contribution >= 0.6 is 23.2 Å². The van der Waals surface area contributed by atoms with E-state index in [1.807, 2.05) is 0 Å². The summed E-state index contributed by atoms with van der Waals surface area (Å²) >= 11 is 12.2. The Hall–Kier alpha value is -1.02. The zero-order valence-corrected chi connectivity index (χ0v) is 14.9. The molecule has 9 heteroatoms. The summed E-state index contributed by atoms with van der Waals surface area (Å²) < 4.78 is 32.1. The number of hydrogen-bond donors (Lipinski definition) is 1. The SMILES string of the molecule is CCOc1cc(Cl)c(S(=O)(=O)N2CCC(C(N)=O)CC2)cc1Cl. The molecular weight excluding hydrogens is 363 g/mol. The van der Waals surface area contributed by atoms with Crippen LogP contribution in [0.25, 0.3) is 0 Å². The van der Waals surface area contributed by atoms with Crippen LogP contribution in [-0.4, -0.2) is 38.3 Å². The van der Waals surface area contributed by atoms with Crippen molar-refractivity contribution in [2.75, 3.05) is 19.7 Å². The van der Waals surface area contributed by atoms with Crippen molar-refractivity contribution in [1.82, 2.24) is 4.31 Å². The molecule has 0 bridgehead atoms. The average molecular weight is 381 g/mol. The molecular formula is C14H18Cl2N2O4S. The summed E-state index contributed by atoms with van der Waals surface area (Å²) in [4.78, 5) is 11.1. The maximum absolute atomic E-state index is 12.7. The molecule has 0 saturated carbocycles. The molecule has 23 heavy (non-hydrogen) atoms. The van der Waals surface area contributed by atoms with Crippen molar-refractivity contribution in [1.29, 1.82) is 0 Å². The van der Waals surface area contributed by atoms with Gasteiger partial charge >= 0.3 is 0 Å². The highest BCUT2D eigenvalue weighted by atomic mass is 35.5. The van der Waals surface area contributed by atoms with Crippen molar-refractivity contribution in [2.45, 2.75) is 24.7 Å². The Morgan fingerprint density at radius 3 is 2.43 bits per heavy atom. The van der Waals surface area contributed by atoms with Crippen molar-refractivity contribution < 1.29 is 17.9 Å². The topological polar surface area (TPSA) is 89.7 Å². The number of benzene rings is 1. The normalized spacial score (nSPS) is 17.2. The Morgan fingerprint density at radius 1 is 1.30 bits per heavy atom. The Morgan fingerprint density at radius 2 is 1.91 bits per heavy atom. The van der Waals surface area contributed by atoms with Gasteiger partial charge in [-0.1, -0.05) is 23.2 Å². The first kappa shape index (κ1) is 18.3. The minimum atomic E-state index is -3.79. The number of carbonyl (C=O) groups excluding carboxylic acids is 1. The van der Waals surface area contributed by atoms with Crippen molar-refractivity contribution in [3.8, 4) is 5.75 Å². The molecule has 1 amide bonds. The number of piperidine rings is 1. The maximum Gasteiger partial charge on any atom is 0.244 e. The summed E-state index contributed by atoms with van der Waals surface area (Å²) in [6, 6.07) is 2.70. The lowest BCUT2D eigenvalue weighted by molar-refractivity contribution is -0.122. The number of rotatable bonds is 5. The number of sulfonamides is 1. The third kappa shape index (κ3) is 3.91. The second-order valence-corrected chi connectivity index (χ2v) is 7.95. The first-order valence-electron chi connectivity index (χ1n) is 7.18. The predicted molar refractivity (Wildman–Crippen MR) is 88.3 cm³/mol. The fraction of sp³-hybridized carbons (Fsp3) is 0.500. The summed E-state index contributed by atoms with van der Waals surface area (Å²) in [5.74, 6) is -0.351. The van der Waals surface area contributed by atoms with Crippen LogP contribution in [0.4, 0.5) is 0 Å². The van der Waals surface area contributed by atoms with Gasteiger partial charge in [-0.05, 0) is 25.8 Å². The minimum absolute atomic E-state index is 0.0508. The molecule has 0 aliphatic carbocycles. The smallest absolute Gasteiger partial charge is 0.244 e. The van der Waals surface area contributed by atoms with Gasteiger partial charge in [-0.15, -0.1) is 0 Å². The molecule has 1 aromatic carbocycles. The Bertz CT molecular complexity index is 701. The van der Waals surface area contributed by atoms with E-state index in [4.69, 9.17) is 33.7 Å². The van der Waals surface area contributed by atoms with E-state index in [1.54, 1.807) is 6.92 Å². The fourth-order valence-electron chi connectivity index (χ4n) is 2.49. The second kappa shape index (κ2) is 7.25. The van der Waals surface area contributed by atoms with Crippen LogP contribution in [0, 0.1) is 5.92 Å². The quantitative estimate of drug-likeness (QED) is 0.847. The van der Waals surface area contributed by atoms with Crippen LogP contribution in [0.5, 0.6) is 5.75 Å². The van der Waals surface area contributed by atoms with Crippen LogP contribution in [-0.2, 0) is 14.8 Å². The van der Waals surface area contributed by atoms with Crippen LogP contribution in [0.3, 0.4) is 0 Å². The van der Waals surface area contributed by atoms with E-state index in [9.17, 15) is 13.2 Å². The Labute approximate surface area is 145 Å². The Kier molecular flexibility index (Phi) is 5.78. The van der Waals surface area contributed by atoms with Gasteiger partial charge in [-0.3, -0.25) is 4.79 Å². The van der Waals surface area contributed by atoms with E-state index in [1.165, 1.54) is 16.4 Å². The molecule has 0 aromatic heterocycles. The van der Waals surface area contributed by atoms with Crippen molar-refractivity contribution in [2.24, 2.45) is 11.7 Å². The highest BCUT2D eigenvalue weighted by molar-refractivity contribution is 7.89. The number of amides is 1. The number of ether oxygens (including phenoxy) is 1. The van der Waals surface area contributed by atoms with Gasteiger partial charge in [0.05, 0.1) is 16.7 Å². The zero-order valence-electron chi connectivity index (χ0n) is 12.6. The van der Waals surface area contributed by atoms with Gasteiger partial charge in [-0.2, -0.15) is 4.31 Å². The fourth-order valence-corrected chi connectivity index (χ4v) is 4.76. The molecule has 1 aromatic rings. The minimum Gasteiger partial charge on any atom is -0.492 e. The number of halogens is 2. The van der Waals surface area contributed by atoms with Gasteiger partial charge in [0.2, 0.25) is 15.9 Å². The molecule has 128 valence electrons. The van der Waals surface area contributed by atoms with E-state index in [2.05, 4.69) is 0 Å². The third-order valence-electron chi connectivity index (χ3n) is 3.76.